The van der Waals surface area contributed by atoms with Crippen molar-refractivity contribution in [2.45, 2.75) is 20.3 Å². The van der Waals surface area contributed by atoms with Gasteiger partial charge in [0, 0.05) is 5.56 Å². The molecule has 1 N–H and O–H groups in total. The molecule has 0 heterocycles. The molecule has 0 unspecified atom stereocenters. The van der Waals surface area contributed by atoms with E-state index in [-0.39, 0.29) is 0 Å². The molecule has 0 radical (unpaired) electrons. The first-order chi connectivity index (χ1) is 9.60. The predicted octanol–water partition coefficient (Wildman–Crippen LogP) is 4.32. The van der Waals surface area contributed by atoms with Crippen molar-refractivity contribution in [2.24, 2.45) is 0 Å². The van der Waals surface area contributed by atoms with Crippen LogP contribution in [0.2, 0.25) is 0 Å². The average molecular weight is 268 g/mol. The second-order valence-electron chi connectivity index (χ2n) is 5.02. The van der Waals surface area contributed by atoms with Gasteiger partial charge in [0.1, 0.15) is 11.5 Å². The molecule has 2 heteroatoms. The van der Waals surface area contributed by atoms with Gasteiger partial charge in [-0.1, -0.05) is 42.0 Å². The van der Waals surface area contributed by atoms with Crippen LogP contribution < -0.4 is 0 Å². The molecule has 104 valence electrons. The van der Waals surface area contributed by atoms with Gasteiger partial charge in [0.25, 0.3) is 0 Å². The van der Waals surface area contributed by atoms with Gasteiger partial charge in [-0.3, -0.25) is 0 Å². The number of rotatable bonds is 4. The largest absolute Gasteiger partial charge is 0.508 e. The molecule has 0 aromatic heterocycles. The van der Waals surface area contributed by atoms with E-state index < -0.39 is 0 Å². The van der Waals surface area contributed by atoms with Crippen LogP contribution in [-0.2, 0) is 11.2 Å². The summed E-state index contributed by atoms with van der Waals surface area (Å²) in [6.07, 6.45) is 0.803. The molecule has 0 saturated heterocycles. The Morgan fingerprint density at radius 2 is 1.60 bits per heavy atom. The topological polar surface area (TPSA) is 29.5 Å². The molecule has 0 aliphatic carbocycles. The summed E-state index contributed by atoms with van der Waals surface area (Å²) in [5, 5.41) is 9.31. The number of hydrogen-bond acceptors (Lipinski definition) is 2. The third-order valence-electron chi connectivity index (χ3n) is 3.31. The summed E-state index contributed by atoms with van der Waals surface area (Å²) in [5.74, 6) is 1.21. The second kappa shape index (κ2) is 6.29. The third kappa shape index (κ3) is 3.41. The number of phenolic OH excluding ortho intramolecular Hbond substituents is 1. The van der Waals surface area contributed by atoms with E-state index in [2.05, 4.69) is 38.1 Å². The lowest BCUT2D eigenvalue weighted by Gasteiger charge is -2.12. The fourth-order valence-corrected chi connectivity index (χ4v) is 2.24. The summed E-state index contributed by atoms with van der Waals surface area (Å²) in [6, 6.07) is 15.6. The van der Waals surface area contributed by atoms with Crippen LogP contribution >= 0.6 is 0 Å². The number of aryl methyl sites for hydroxylation is 1. The second-order valence-corrected chi connectivity index (χ2v) is 5.02. The molecule has 0 saturated carbocycles. The van der Waals surface area contributed by atoms with Crippen LogP contribution in [0.3, 0.4) is 0 Å². The van der Waals surface area contributed by atoms with Crippen LogP contribution in [0.4, 0.5) is 0 Å². The minimum Gasteiger partial charge on any atom is -0.508 e. The van der Waals surface area contributed by atoms with E-state index in [4.69, 9.17) is 4.74 Å². The predicted molar refractivity (Wildman–Crippen MR) is 82.6 cm³/mol. The first-order valence-electron chi connectivity index (χ1n) is 6.69. The van der Waals surface area contributed by atoms with Crippen LogP contribution in [0.25, 0.3) is 5.76 Å². The summed E-state index contributed by atoms with van der Waals surface area (Å²) in [4.78, 5) is 0. The summed E-state index contributed by atoms with van der Waals surface area (Å²) in [6.45, 7) is 4.15. The Labute approximate surface area is 120 Å². The Balaban J connectivity index is 2.27. The van der Waals surface area contributed by atoms with E-state index in [1.807, 2.05) is 12.1 Å². The lowest BCUT2D eigenvalue weighted by molar-refractivity contribution is 0.366. The summed E-state index contributed by atoms with van der Waals surface area (Å²) < 4.78 is 5.56. The van der Waals surface area contributed by atoms with E-state index in [0.717, 1.165) is 23.3 Å². The van der Waals surface area contributed by atoms with Crippen LogP contribution in [-0.4, -0.2) is 12.2 Å². The highest BCUT2D eigenvalue weighted by atomic mass is 16.5. The Hall–Kier alpha value is -2.22. The van der Waals surface area contributed by atoms with Gasteiger partial charge >= 0.3 is 0 Å². The van der Waals surface area contributed by atoms with E-state index >= 15 is 0 Å². The maximum Gasteiger partial charge on any atom is 0.125 e. The summed E-state index contributed by atoms with van der Waals surface area (Å²) >= 11 is 0. The zero-order valence-electron chi connectivity index (χ0n) is 12.2. The van der Waals surface area contributed by atoms with E-state index in [1.165, 1.54) is 11.1 Å². The summed E-state index contributed by atoms with van der Waals surface area (Å²) in [7, 11) is 1.70. The number of aromatic hydroxyl groups is 1. The van der Waals surface area contributed by atoms with Crippen LogP contribution in [0, 0.1) is 6.92 Å². The van der Waals surface area contributed by atoms with Gasteiger partial charge in [-0.05, 0) is 43.5 Å². The molecule has 0 fully saturated rings. The number of hydrogen-bond donors (Lipinski definition) is 1. The normalized spacial score (nSPS) is 11.9. The lowest BCUT2D eigenvalue weighted by atomic mass is 10.0. The van der Waals surface area contributed by atoms with Crippen molar-refractivity contribution in [2.75, 3.05) is 7.11 Å². The fraction of sp³-hybridized carbons (Fsp3) is 0.222. The molecule has 0 spiro atoms. The van der Waals surface area contributed by atoms with E-state index in [9.17, 15) is 5.11 Å². The van der Waals surface area contributed by atoms with Gasteiger partial charge < -0.3 is 9.84 Å². The monoisotopic (exact) mass is 268 g/mol. The smallest absolute Gasteiger partial charge is 0.125 e. The zero-order valence-corrected chi connectivity index (χ0v) is 12.2. The maximum atomic E-state index is 9.31. The van der Waals surface area contributed by atoms with Crippen LogP contribution in [0.5, 0.6) is 5.75 Å². The Bertz CT molecular complexity index is 592. The van der Waals surface area contributed by atoms with Gasteiger partial charge in [-0.2, -0.15) is 0 Å². The zero-order chi connectivity index (χ0) is 14.5. The van der Waals surface area contributed by atoms with Gasteiger partial charge in [0.2, 0.25) is 0 Å². The standard InChI is InChI=1S/C18H20O2/c1-13-4-8-16(9-5-13)18(20-3)14(2)12-15-6-10-17(19)11-7-15/h4-11,19H,12H2,1-3H3/b18-14+. The van der Waals surface area contributed by atoms with Crippen molar-refractivity contribution in [1.29, 1.82) is 0 Å². The quantitative estimate of drug-likeness (QED) is 0.837. The van der Waals surface area contributed by atoms with Crippen molar-refractivity contribution < 1.29 is 9.84 Å². The molecule has 0 bridgehead atoms. The number of methoxy groups -OCH3 is 1. The lowest BCUT2D eigenvalue weighted by Crippen LogP contribution is -1.96. The van der Waals surface area contributed by atoms with Gasteiger partial charge in [-0.25, -0.2) is 0 Å². The Kier molecular flexibility index (Phi) is 4.46. The maximum absolute atomic E-state index is 9.31. The Morgan fingerprint density at radius 3 is 2.15 bits per heavy atom. The Morgan fingerprint density at radius 1 is 1.00 bits per heavy atom. The van der Waals surface area contributed by atoms with E-state index in [0.29, 0.717) is 5.75 Å². The van der Waals surface area contributed by atoms with Crippen molar-refractivity contribution in [3.8, 4) is 5.75 Å². The molecule has 0 aliphatic heterocycles. The molecule has 2 aromatic rings. The van der Waals surface area contributed by atoms with Gasteiger partial charge in [-0.15, -0.1) is 0 Å². The van der Waals surface area contributed by atoms with E-state index in [1.54, 1.807) is 19.2 Å². The van der Waals surface area contributed by atoms with Crippen molar-refractivity contribution in [1.82, 2.24) is 0 Å². The van der Waals surface area contributed by atoms with Gasteiger partial charge in [0.05, 0.1) is 7.11 Å². The molecule has 0 atom stereocenters. The number of phenols is 1. The molecule has 2 aromatic carbocycles. The molecule has 20 heavy (non-hydrogen) atoms. The highest BCUT2D eigenvalue weighted by molar-refractivity contribution is 5.63. The fourth-order valence-electron chi connectivity index (χ4n) is 2.24. The van der Waals surface area contributed by atoms with Gasteiger partial charge in [0.15, 0.2) is 0 Å². The van der Waals surface area contributed by atoms with Crippen LogP contribution in [0.15, 0.2) is 54.1 Å². The summed E-state index contributed by atoms with van der Waals surface area (Å²) in [5.41, 5.74) is 4.65. The number of ether oxygens (including phenoxy) is 1. The molecular weight excluding hydrogens is 248 g/mol. The minimum atomic E-state index is 0.292. The number of benzene rings is 2. The minimum absolute atomic E-state index is 0.292. The SMILES string of the molecule is CO/C(=C(\C)Cc1ccc(O)cc1)c1ccc(C)cc1. The van der Waals surface area contributed by atoms with Crippen molar-refractivity contribution in [3.05, 3.63) is 70.8 Å². The van der Waals surface area contributed by atoms with Crippen LogP contribution in [0.1, 0.15) is 23.6 Å². The number of allylic oxidation sites excluding steroid dienone is 1. The van der Waals surface area contributed by atoms with Crippen molar-refractivity contribution >= 4 is 5.76 Å². The first-order valence-corrected chi connectivity index (χ1v) is 6.69. The molecular formula is C18H20O2. The first kappa shape index (κ1) is 14.2. The third-order valence-corrected chi connectivity index (χ3v) is 3.31. The molecule has 0 aliphatic rings. The highest BCUT2D eigenvalue weighted by Gasteiger charge is 2.07. The average Bonchev–Trinajstić information content (AvgIpc) is 2.44. The molecule has 0 amide bonds. The molecule has 2 nitrogen and oxygen atoms in total. The highest BCUT2D eigenvalue weighted by Crippen LogP contribution is 2.23. The van der Waals surface area contributed by atoms with Crippen molar-refractivity contribution in [3.63, 3.8) is 0 Å². The molecule has 2 rings (SSSR count).